The molecule has 0 amide bonds. The Morgan fingerprint density at radius 1 is 1.22 bits per heavy atom. The average Bonchev–Trinajstić information content (AvgIpc) is 2.55. The molecule has 2 aromatic rings. The van der Waals surface area contributed by atoms with Gasteiger partial charge in [-0.2, -0.15) is 0 Å². The standard InChI is InChI=1S/C17H18ClF2N3/c1-11-3-2-8-23(10-11)17-21-14(9-15(22-17)16(19)20)12-4-6-13(18)7-5-12/h4-7,9,11,16H,2-3,8,10H2,1H3/t11-/m1/s1. The van der Waals surface area contributed by atoms with Gasteiger partial charge in [-0.1, -0.05) is 30.7 Å². The largest absolute Gasteiger partial charge is 0.341 e. The summed E-state index contributed by atoms with van der Waals surface area (Å²) in [7, 11) is 0. The van der Waals surface area contributed by atoms with Crippen LogP contribution in [0.25, 0.3) is 11.3 Å². The minimum atomic E-state index is -2.62. The van der Waals surface area contributed by atoms with Gasteiger partial charge in [0.05, 0.1) is 5.69 Å². The van der Waals surface area contributed by atoms with Crippen LogP contribution in [0.4, 0.5) is 14.7 Å². The van der Waals surface area contributed by atoms with Crippen LogP contribution in [0.3, 0.4) is 0 Å². The topological polar surface area (TPSA) is 29.0 Å². The van der Waals surface area contributed by atoms with Crippen molar-refractivity contribution in [3.05, 3.63) is 41.0 Å². The zero-order valence-electron chi connectivity index (χ0n) is 12.8. The average molecular weight is 338 g/mol. The van der Waals surface area contributed by atoms with Crippen molar-refractivity contribution < 1.29 is 8.78 Å². The van der Waals surface area contributed by atoms with Crippen LogP contribution in [-0.2, 0) is 0 Å². The van der Waals surface area contributed by atoms with E-state index >= 15 is 0 Å². The molecule has 1 aromatic carbocycles. The predicted molar refractivity (Wildman–Crippen MR) is 88.0 cm³/mol. The smallest absolute Gasteiger partial charge is 0.280 e. The Labute approximate surface area is 139 Å². The van der Waals surface area contributed by atoms with E-state index < -0.39 is 6.43 Å². The van der Waals surface area contributed by atoms with Crippen molar-refractivity contribution in [3.63, 3.8) is 0 Å². The van der Waals surface area contributed by atoms with E-state index in [2.05, 4.69) is 16.9 Å². The van der Waals surface area contributed by atoms with Crippen LogP contribution in [0.2, 0.25) is 5.02 Å². The monoisotopic (exact) mass is 337 g/mol. The number of piperidine rings is 1. The zero-order chi connectivity index (χ0) is 16.4. The molecule has 0 aliphatic carbocycles. The Bertz CT molecular complexity index is 676. The first kappa shape index (κ1) is 16.1. The Kier molecular flexibility index (Phi) is 4.76. The number of aromatic nitrogens is 2. The van der Waals surface area contributed by atoms with Crippen LogP contribution >= 0.6 is 11.6 Å². The number of alkyl halides is 2. The summed E-state index contributed by atoms with van der Waals surface area (Å²) in [5, 5.41) is 0.599. The van der Waals surface area contributed by atoms with E-state index in [1.54, 1.807) is 24.3 Å². The van der Waals surface area contributed by atoms with E-state index in [-0.39, 0.29) is 5.69 Å². The number of rotatable bonds is 3. The zero-order valence-corrected chi connectivity index (χ0v) is 13.6. The van der Waals surface area contributed by atoms with Crippen molar-refractivity contribution in [2.24, 2.45) is 5.92 Å². The lowest BCUT2D eigenvalue weighted by molar-refractivity contribution is 0.146. The third kappa shape index (κ3) is 3.78. The molecule has 1 fully saturated rings. The molecule has 3 nitrogen and oxygen atoms in total. The lowest BCUT2D eigenvalue weighted by Gasteiger charge is -2.31. The van der Waals surface area contributed by atoms with Gasteiger partial charge in [-0.05, 0) is 37.0 Å². The highest BCUT2D eigenvalue weighted by Crippen LogP contribution is 2.28. The molecule has 1 atom stereocenters. The fourth-order valence-electron chi connectivity index (χ4n) is 2.85. The molecule has 0 spiro atoms. The molecule has 1 aromatic heterocycles. The lowest BCUT2D eigenvalue weighted by Crippen LogP contribution is -2.35. The molecular weight excluding hydrogens is 320 g/mol. The first-order chi connectivity index (χ1) is 11.0. The molecule has 2 heterocycles. The van der Waals surface area contributed by atoms with Crippen LogP contribution in [-0.4, -0.2) is 23.1 Å². The van der Waals surface area contributed by atoms with Gasteiger partial charge in [-0.15, -0.1) is 0 Å². The second-order valence-corrected chi connectivity index (χ2v) is 6.42. The maximum Gasteiger partial charge on any atom is 0.280 e. The number of halogens is 3. The van der Waals surface area contributed by atoms with Gasteiger partial charge in [0.25, 0.3) is 6.43 Å². The molecule has 0 N–H and O–H groups in total. The maximum atomic E-state index is 13.2. The molecule has 1 aliphatic heterocycles. The van der Waals surface area contributed by atoms with Crippen molar-refractivity contribution in [1.29, 1.82) is 0 Å². The fraction of sp³-hybridized carbons (Fsp3) is 0.412. The first-order valence-electron chi connectivity index (χ1n) is 7.71. The van der Waals surface area contributed by atoms with Crippen molar-refractivity contribution in [2.45, 2.75) is 26.2 Å². The third-order valence-corrected chi connectivity index (χ3v) is 4.29. The first-order valence-corrected chi connectivity index (χ1v) is 8.09. The molecule has 122 valence electrons. The van der Waals surface area contributed by atoms with E-state index in [4.69, 9.17) is 11.6 Å². The Hall–Kier alpha value is -1.75. The van der Waals surface area contributed by atoms with Crippen molar-refractivity contribution in [2.75, 3.05) is 18.0 Å². The van der Waals surface area contributed by atoms with Gasteiger partial charge >= 0.3 is 0 Å². The molecule has 0 bridgehead atoms. The number of benzene rings is 1. The van der Waals surface area contributed by atoms with Crippen LogP contribution in [0.15, 0.2) is 30.3 Å². The molecule has 0 saturated carbocycles. The molecule has 0 unspecified atom stereocenters. The summed E-state index contributed by atoms with van der Waals surface area (Å²) in [6.45, 7) is 3.76. The molecular formula is C17H18ClF2N3. The van der Waals surface area contributed by atoms with Crippen LogP contribution in [0.5, 0.6) is 0 Å². The Balaban J connectivity index is 2.00. The Morgan fingerprint density at radius 2 is 1.96 bits per heavy atom. The summed E-state index contributed by atoms with van der Waals surface area (Å²) in [5.74, 6) is 0.904. The van der Waals surface area contributed by atoms with Crippen LogP contribution in [0.1, 0.15) is 31.9 Å². The summed E-state index contributed by atoms with van der Waals surface area (Å²) in [6.07, 6.45) is -0.445. The molecule has 0 radical (unpaired) electrons. The maximum absolute atomic E-state index is 13.2. The SMILES string of the molecule is C[C@@H]1CCCN(c2nc(-c3ccc(Cl)cc3)cc(C(F)F)n2)C1. The fourth-order valence-corrected chi connectivity index (χ4v) is 2.97. The van der Waals surface area contributed by atoms with Gasteiger partial charge in [0, 0.05) is 23.7 Å². The highest BCUT2D eigenvalue weighted by molar-refractivity contribution is 6.30. The highest BCUT2D eigenvalue weighted by Gasteiger charge is 2.21. The van der Waals surface area contributed by atoms with Crippen molar-refractivity contribution in [3.8, 4) is 11.3 Å². The van der Waals surface area contributed by atoms with Gasteiger partial charge in [0.1, 0.15) is 5.69 Å². The molecule has 1 saturated heterocycles. The van der Waals surface area contributed by atoms with E-state index in [0.29, 0.717) is 22.6 Å². The normalized spacial score (nSPS) is 18.5. The molecule has 3 rings (SSSR count). The van der Waals surface area contributed by atoms with Crippen molar-refractivity contribution in [1.82, 2.24) is 9.97 Å². The van der Waals surface area contributed by atoms with E-state index in [1.165, 1.54) is 6.07 Å². The quantitative estimate of drug-likeness (QED) is 0.791. The highest BCUT2D eigenvalue weighted by atomic mass is 35.5. The summed E-state index contributed by atoms with van der Waals surface area (Å²) in [5.41, 5.74) is 1.02. The molecule has 23 heavy (non-hydrogen) atoms. The van der Waals surface area contributed by atoms with Gasteiger partial charge in [-0.25, -0.2) is 18.7 Å². The lowest BCUT2D eigenvalue weighted by atomic mass is 10.0. The molecule has 6 heteroatoms. The third-order valence-electron chi connectivity index (χ3n) is 4.04. The number of hydrogen-bond acceptors (Lipinski definition) is 3. The minimum Gasteiger partial charge on any atom is -0.341 e. The minimum absolute atomic E-state index is 0.238. The Morgan fingerprint density at radius 3 is 2.61 bits per heavy atom. The van der Waals surface area contributed by atoms with E-state index in [0.717, 1.165) is 31.5 Å². The second kappa shape index (κ2) is 6.79. The van der Waals surface area contributed by atoms with Crippen LogP contribution < -0.4 is 4.90 Å². The second-order valence-electron chi connectivity index (χ2n) is 5.98. The van der Waals surface area contributed by atoms with E-state index in [1.807, 2.05) is 4.90 Å². The van der Waals surface area contributed by atoms with Crippen molar-refractivity contribution >= 4 is 17.5 Å². The number of nitrogens with zero attached hydrogens (tertiary/aromatic N) is 3. The van der Waals surface area contributed by atoms with Gasteiger partial charge in [0.2, 0.25) is 5.95 Å². The van der Waals surface area contributed by atoms with Gasteiger partial charge < -0.3 is 4.90 Å². The van der Waals surface area contributed by atoms with Crippen LogP contribution in [0, 0.1) is 5.92 Å². The van der Waals surface area contributed by atoms with E-state index in [9.17, 15) is 8.78 Å². The number of anilines is 1. The summed E-state index contributed by atoms with van der Waals surface area (Å²) in [4.78, 5) is 10.6. The summed E-state index contributed by atoms with van der Waals surface area (Å²) in [6, 6.07) is 8.36. The van der Waals surface area contributed by atoms with Gasteiger partial charge in [-0.3, -0.25) is 0 Å². The van der Waals surface area contributed by atoms with Gasteiger partial charge in [0.15, 0.2) is 0 Å². The summed E-state index contributed by atoms with van der Waals surface area (Å²) < 4.78 is 26.4. The molecule has 1 aliphatic rings. The number of hydrogen-bond donors (Lipinski definition) is 0. The summed E-state index contributed by atoms with van der Waals surface area (Å²) >= 11 is 5.89. The predicted octanol–water partition coefficient (Wildman–Crippen LogP) is 4.97.